The number of hydrogen-bond acceptors (Lipinski definition) is 3. The van der Waals surface area contributed by atoms with Crippen LogP contribution in [0, 0.1) is 5.82 Å². The lowest BCUT2D eigenvalue weighted by molar-refractivity contribution is -0.124. The van der Waals surface area contributed by atoms with E-state index >= 15 is 0 Å². The summed E-state index contributed by atoms with van der Waals surface area (Å²) in [5.74, 6) is 0.0688. The Balaban J connectivity index is 1.53. The maximum absolute atomic E-state index is 13.9. The van der Waals surface area contributed by atoms with E-state index in [2.05, 4.69) is 10.5 Å². The molecule has 1 aromatic carbocycles. The molecule has 0 atom stereocenters. The number of halogens is 1. The number of aromatic nitrogens is 1. The Morgan fingerprint density at radius 2 is 1.96 bits per heavy atom. The Morgan fingerprint density at radius 3 is 2.67 bits per heavy atom. The molecule has 24 heavy (non-hydrogen) atoms. The summed E-state index contributed by atoms with van der Waals surface area (Å²) >= 11 is 0. The number of carbonyl (C=O) groups is 1. The second kappa shape index (κ2) is 6.04. The molecule has 2 aliphatic rings. The highest BCUT2D eigenvalue weighted by molar-refractivity contribution is 5.91. The van der Waals surface area contributed by atoms with Crippen LogP contribution in [0.4, 0.5) is 4.39 Å². The van der Waals surface area contributed by atoms with Gasteiger partial charge in [-0.05, 0) is 37.8 Å². The maximum Gasteiger partial charge on any atom is 0.232 e. The highest BCUT2D eigenvalue weighted by atomic mass is 19.1. The Hall–Kier alpha value is -2.17. The van der Waals surface area contributed by atoms with Gasteiger partial charge in [-0.1, -0.05) is 36.6 Å². The monoisotopic (exact) mass is 328 g/mol. The first kappa shape index (κ1) is 15.4. The molecule has 0 radical (unpaired) electrons. The van der Waals surface area contributed by atoms with Crippen LogP contribution in [0.1, 0.15) is 50.6 Å². The molecule has 4 rings (SSSR count). The lowest BCUT2D eigenvalue weighted by Gasteiger charge is -2.24. The van der Waals surface area contributed by atoms with Crippen molar-refractivity contribution in [2.45, 2.75) is 56.4 Å². The molecule has 0 saturated heterocycles. The van der Waals surface area contributed by atoms with Gasteiger partial charge in [0, 0.05) is 12.1 Å². The van der Waals surface area contributed by atoms with Gasteiger partial charge in [-0.2, -0.15) is 0 Å². The zero-order chi connectivity index (χ0) is 16.6. The van der Waals surface area contributed by atoms with E-state index in [0.29, 0.717) is 17.0 Å². The van der Waals surface area contributed by atoms with Crippen LogP contribution in [0.25, 0.3) is 11.3 Å². The first-order chi connectivity index (χ1) is 11.7. The first-order valence-electron chi connectivity index (χ1n) is 8.72. The van der Waals surface area contributed by atoms with Crippen molar-refractivity contribution in [1.29, 1.82) is 0 Å². The summed E-state index contributed by atoms with van der Waals surface area (Å²) in [6.07, 6.45) is 7.28. The fourth-order valence-corrected chi connectivity index (χ4v) is 3.58. The van der Waals surface area contributed by atoms with E-state index < -0.39 is 5.41 Å². The molecule has 1 amide bonds. The van der Waals surface area contributed by atoms with Gasteiger partial charge in [-0.15, -0.1) is 0 Å². The predicted molar refractivity (Wildman–Crippen MR) is 87.8 cm³/mol. The minimum Gasteiger partial charge on any atom is -0.356 e. The Bertz CT molecular complexity index is 745. The number of nitrogens with one attached hydrogen (secondary N) is 1. The van der Waals surface area contributed by atoms with Gasteiger partial charge < -0.3 is 9.84 Å². The van der Waals surface area contributed by atoms with Crippen molar-refractivity contribution in [2.24, 2.45) is 0 Å². The van der Waals surface area contributed by atoms with Crippen molar-refractivity contribution in [2.75, 3.05) is 0 Å². The zero-order valence-corrected chi connectivity index (χ0v) is 13.6. The van der Waals surface area contributed by atoms with E-state index in [1.54, 1.807) is 24.3 Å². The largest absolute Gasteiger partial charge is 0.356 e. The van der Waals surface area contributed by atoms with Crippen molar-refractivity contribution >= 4 is 5.91 Å². The molecule has 2 saturated carbocycles. The highest BCUT2D eigenvalue weighted by Gasteiger charge is 2.54. The lowest BCUT2D eigenvalue weighted by Crippen LogP contribution is -2.42. The second-order valence-corrected chi connectivity index (χ2v) is 6.95. The number of amides is 1. The molecular formula is C19H21FN2O2. The van der Waals surface area contributed by atoms with E-state index in [9.17, 15) is 9.18 Å². The topological polar surface area (TPSA) is 55.1 Å². The molecule has 2 fully saturated rings. The normalized spacial score (nSPS) is 19.9. The molecule has 1 N–H and O–H groups in total. The predicted octanol–water partition coefficient (Wildman–Crippen LogP) is 3.96. The summed E-state index contributed by atoms with van der Waals surface area (Å²) in [7, 11) is 0. The van der Waals surface area contributed by atoms with Gasteiger partial charge in [0.05, 0.1) is 16.7 Å². The Labute approximate surface area is 140 Å². The second-order valence-electron chi connectivity index (χ2n) is 6.95. The lowest BCUT2D eigenvalue weighted by atomic mass is 9.93. The Kier molecular flexibility index (Phi) is 3.87. The summed E-state index contributed by atoms with van der Waals surface area (Å²) < 4.78 is 19.2. The molecule has 0 aliphatic heterocycles. The van der Waals surface area contributed by atoms with Crippen LogP contribution in [0.2, 0.25) is 0 Å². The fraction of sp³-hybridized carbons (Fsp3) is 0.474. The van der Waals surface area contributed by atoms with E-state index in [4.69, 9.17) is 4.52 Å². The summed E-state index contributed by atoms with van der Waals surface area (Å²) in [6, 6.07) is 8.42. The van der Waals surface area contributed by atoms with Gasteiger partial charge >= 0.3 is 0 Å². The fourth-order valence-electron chi connectivity index (χ4n) is 3.58. The van der Waals surface area contributed by atoms with Crippen LogP contribution >= 0.6 is 0 Å². The molecule has 0 unspecified atom stereocenters. The van der Waals surface area contributed by atoms with Crippen molar-refractivity contribution < 1.29 is 13.7 Å². The molecule has 5 heteroatoms. The van der Waals surface area contributed by atoms with Crippen LogP contribution in [0.5, 0.6) is 0 Å². The third-order valence-electron chi connectivity index (χ3n) is 5.26. The summed E-state index contributed by atoms with van der Waals surface area (Å²) in [5.41, 5.74) is 0.415. The zero-order valence-electron chi connectivity index (χ0n) is 13.6. The minimum atomic E-state index is -0.579. The van der Waals surface area contributed by atoms with Gasteiger partial charge in [-0.25, -0.2) is 4.39 Å². The maximum atomic E-state index is 13.9. The third kappa shape index (κ3) is 2.72. The van der Waals surface area contributed by atoms with Gasteiger partial charge in [0.15, 0.2) is 5.76 Å². The van der Waals surface area contributed by atoms with Gasteiger partial charge in [0.2, 0.25) is 5.91 Å². The van der Waals surface area contributed by atoms with Gasteiger partial charge in [0.1, 0.15) is 5.82 Å². The van der Waals surface area contributed by atoms with E-state index in [1.807, 2.05) is 0 Å². The quantitative estimate of drug-likeness (QED) is 0.924. The van der Waals surface area contributed by atoms with Crippen molar-refractivity contribution in [3.05, 3.63) is 41.8 Å². The first-order valence-corrected chi connectivity index (χ1v) is 8.72. The SMILES string of the molecule is O=C(NC1CCCCC1)C1(c2cc(-c3ccccc3F)on2)CC1. The Morgan fingerprint density at radius 1 is 1.21 bits per heavy atom. The molecule has 2 aromatic rings. The van der Waals surface area contributed by atoms with Gasteiger partial charge in [-0.3, -0.25) is 4.79 Å². The molecule has 0 spiro atoms. The molecule has 2 aliphatic carbocycles. The van der Waals surface area contributed by atoms with Crippen LogP contribution in [0.3, 0.4) is 0 Å². The minimum absolute atomic E-state index is 0.0442. The van der Waals surface area contributed by atoms with Crippen molar-refractivity contribution in [3.63, 3.8) is 0 Å². The summed E-state index contributed by atoms with van der Waals surface area (Å²) in [5, 5.41) is 7.27. The molecule has 126 valence electrons. The molecular weight excluding hydrogens is 307 g/mol. The standard InChI is InChI=1S/C19H21FN2O2/c20-15-9-5-4-8-14(15)16-12-17(22-24-16)19(10-11-19)18(23)21-13-6-2-1-3-7-13/h4-5,8-9,12-13H,1-3,6-7,10-11H2,(H,21,23). The molecule has 1 heterocycles. The average molecular weight is 328 g/mol. The number of hydrogen-bond donors (Lipinski definition) is 1. The molecule has 4 nitrogen and oxygen atoms in total. The summed E-state index contributed by atoms with van der Waals surface area (Å²) in [6.45, 7) is 0. The highest BCUT2D eigenvalue weighted by Crippen LogP contribution is 2.49. The number of nitrogens with zero attached hydrogens (tertiary/aromatic N) is 1. The van der Waals surface area contributed by atoms with Crippen LogP contribution in [-0.4, -0.2) is 17.1 Å². The van der Waals surface area contributed by atoms with E-state index in [1.165, 1.54) is 25.3 Å². The number of benzene rings is 1. The van der Waals surface area contributed by atoms with Crippen molar-refractivity contribution in [1.82, 2.24) is 10.5 Å². The van der Waals surface area contributed by atoms with Crippen LogP contribution in [-0.2, 0) is 10.2 Å². The smallest absolute Gasteiger partial charge is 0.232 e. The molecule has 0 bridgehead atoms. The van der Waals surface area contributed by atoms with E-state index in [-0.39, 0.29) is 17.8 Å². The van der Waals surface area contributed by atoms with Crippen molar-refractivity contribution in [3.8, 4) is 11.3 Å². The van der Waals surface area contributed by atoms with E-state index in [0.717, 1.165) is 25.7 Å². The van der Waals surface area contributed by atoms with Crippen LogP contribution < -0.4 is 5.32 Å². The number of carbonyl (C=O) groups excluding carboxylic acids is 1. The van der Waals surface area contributed by atoms with Gasteiger partial charge in [0.25, 0.3) is 0 Å². The molecule has 1 aromatic heterocycles. The summed E-state index contributed by atoms with van der Waals surface area (Å²) in [4.78, 5) is 12.7. The van der Waals surface area contributed by atoms with Crippen LogP contribution in [0.15, 0.2) is 34.9 Å². The average Bonchev–Trinajstić information content (AvgIpc) is 3.27. The number of rotatable bonds is 4. The third-order valence-corrected chi connectivity index (χ3v) is 5.26.